The molecule has 0 saturated carbocycles. The molecule has 0 radical (unpaired) electrons. The second-order valence-electron chi connectivity index (χ2n) is 11.6. The summed E-state index contributed by atoms with van der Waals surface area (Å²) in [5, 5.41) is 23.0. The molecule has 4 aromatic carbocycles. The number of fused-ring (bicyclic) bond motifs is 6. The zero-order chi connectivity index (χ0) is 29.1. The van der Waals surface area contributed by atoms with Crippen LogP contribution in [0.25, 0.3) is 33.1 Å². The Morgan fingerprint density at radius 2 is 1.47 bits per heavy atom. The largest absolute Gasteiger partial charge is 0.337 e. The standard InChI is InChI=1S/C39H28N4/c1-25-20-27(24-41)34(22-39(25)43-37-16-8-4-12-31(37)32-13-5-9-17-38(32)43)33-21-28(19-18-26(33)23-40)42-35-14-6-2-10-29(35)30-11-3-7-15-36(30)42/h2-19,21-22,25,31,37H,20H2,1H3. The first-order valence-corrected chi connectivity index (χ1v) is 14.8. The average molecular weight is 553 g/mol. The van der Waals surface area contributed by atoms with Crippen LogP contribution in [-0.2, 0) is 0 Å². The van der Waals surface area contributed by atoms with Crippen molar-refractivity contribution in [2.45, 2.75) is 25.3 Å². The van der Waals surface area contributed by atoms with Gasteiger partial charge in [-0.1, -0.05) is 85.8 Å². The molecule has 0 spiro atoms. The van der Waals surface area contributed by atoms with Crippen LogP contribution in [0.2, 0.25) is 0 Å². The van der Waals surface area contributed by atoms with Crippen LogP contribution in [0.4, 0.5) is 5.69 Å². The molecule has 3 aliphatic rings. The molecular weight excluding hydrogens is 524 g/mol. The van der Waals surface area contributed by atoms with Gasteiger partial charge in [-0.15, -0.1) is 0 Å². The topological polar surface area (TPSA) is 55.8 Å². The van der Waals surface area contributed by atoms with Crippen LogP contribution >= 0.6 is 0 Å². The highest BCUT2D eigenvalue weighted by Crippen LogP contribution is 2.49. The van der Waals surface area contributed by atoms with Crippen molar-refractivity contribution in [3.05, 3.63) is 149 Å². The number of anilines is 1. The first kappa shape index (κ1) is 25.2. The van der Waals surface area contributed by atoms with Gasteiger partial charge in [0.15, 0.2) is 0 Å². The Balaban J connectivity index is 1.33. The summed E-state index contributed by atoms with van der Waals surface area (Å²) < 4.78 is 2.26. The summed E-state index contributed by atoms with van der Waals surface area (Å²) in [6, 6.07) is 36.6. The Morgan fingerprint density at radius 3 is 2.21 bits per heavy atom. The Morgan fingerprint density at radius 1 is 0.767 bits per heavy atom. The van der Waals surface area contributed by atoms with E-state index in [-0.39, 0.29) is 17.9 Å². The van der Waals surface area contributed by atoms with E-state index < -0.39 is 0 Å². The molecule has 0 fully saturated rings. The molecule has 0 N–H and O–H groups in total. The van der Waals surface area contributed by atoms with Gasteiger partial charge in [0.1, 0.15) is 0 Å². The van der Waals surface area contributed by atoms with E-state index in [4.69, 9.17) is 0 Å². The van der Waals surface area contributed by atoms with E-state index in [1.54, 1.807) is 0 Å². The third kappa shape index (κ3) is 3.74. The molecule has 0 bridgehead atoms. The van der Waals surface area contributed by atoms with Crippen LogP contribution in [-0.4, -0.2) is 10.6 Å². The van der Waals surface area contributed by atoms with Crippen LogP contribution in [0, 0.1) is 28.6 Å². The number of rotatable bonds is 3. The van der Waals surface area contributed by atoms with Gasteiger partial charge in [-0.25, -0.2) is 0 Å². The second-order valence-corrected chi connectivity index (χ2v) is 11.6. The van der Waals surface area contributed by atoms with Crippen molar-refractivity contribution in [1.82, 2.24) is 4.57 Å². The van der Waals surface area contributed by atoms with Crippen LogP contribution in [0.15, 0.2) is 133 Å². The zero-order valence-electron chi connectivity index (χ0n) is 23.8. The highest BCUT2D eigenvalue weighted by Gasteiger charge is 2.40. The molecule has 1 aliphatic heterocycles. The van der Waals surface area contributed by atoms with E-state index in [2.05, 4.69) is 138 Å². The summed E-state index contributed by atoms with van der Waals surface area (Å²) in [5.41, 5.74) is 9.83. The number of hydrogen-bond acceptors (Lipinski definition) is 3. The van der Waals surface area contributed by atoms with E-state index in [0.717, 1.165) is 33.4 Å². The molecule has 0 amide bonds. The normalized spacial score (nSPS) is 20.6. The van der Waals surface area contributed by atoms with Crippen LogP contribution in [0.5, 0.6) is 0 Å². The first-order valence-electron chi connectivity index (χ1n) is 14.8. The quantitative estimate of drug-likeness (QED) is 0.224. The molecule has 5 aromatic rings. The minimum Gasteiger partial charge on any atom is -0.337 e. The molecule has 43 heavy (non-hydrogen) atoms. The minimum absolute atomic E-state index is 0.149. The van der Waals surface area contributed by atoms with Gasteiger partial charge in [0, 0.05) is 50.8 Å². The number of benzene rings is 4. The third-order valence-corrected chi connectivity index (χ3v) is 9.26. The number of nitrogens with zero attached hydrogens (tertiary/aromatic N) is 4. The fourth-order valence-corrected chi connectivity index (χ4v) is 7.33. The van der Waals surface area contributed by atoms with E-state index in [1.807, 2.05) is 12.1 Å². The van der Waals surface area contributed by atoms with Crippen molar-refractivity contribution in [1.29, 1.82) is 10.5 Å². The third-order valence-electron chi connectivity index (χ3n) is 9.26. The highest BCUT2D eigenvalue weighted by molar-refractivity contribution is 6.09. The molecule has 2 aliphatic carbocycles. The van der Waals surface area contributed by atoms with Crippen molar-refractivity contribution in [3.8, 4) is 17.8 Å². The highest BCUT2D eigenvalue weighted by atomic mass is 15.2. The number of hydrogen-bond donors (Lipinski definition) is 0. The van der Waals surface area contributed by atoms with Gasteiger partial charge >= 0.3 is 0 Å². The summed E-state index contributed by atoms with van der Waals surface area (Å²) in [6.07, 6.45) is 11.7. The maximum Gasteiger partial charge on any atom is 0.0998 e. The molecule has 4 nitrogen and oxygen atoms in total. The number of para-hydroxylation sites is 3. The average Bonchev–Trinajstić information content (AvgIpc) is 3.57. The lowest BCUT2D eigenvalue weighted by Crippen LogP contribution is -2.35. The maximum atomic E-state index is 10.4. The van der Waals surface area contributed by atoms with Gasteiger partial charge < -0.3 is 9.47 Å². The predicted octanol–water partition coefficient (Wildman–Crippen LogP) is 8.95. The summed E-state index contributed by atoms with van der Waals surface area (Å²) in [7, 11) is 0. The second kappa shape index (κ2) is 9.76. The van der Waals surface area contributed by atoms with Gasteiger partial charge in [0.05, 0.1) is 34.8 Å². The van der Waals surface area contributed by atoms with Crippen LogP contribution < -0.4 is 4.90 Å². The Hall–Kier alpha value is -5.58. The fourth-order valence-electron chi connectivity index (χ4n) is 7.33. The predicted molar refractivity (Wildman–Crippen MR) is 174 cm³/mol. The Kier molecular flexibility index (Phi) is 5.71. The summed E-state index contributed by atoms with van der Waals surface area (Å²) in [5.74, 6) is 0.433. The van der Waals surface area contributed by atoms with E-state index >= 15 is 0 Å². The molecule has 2 heterocycles. The lowest BCUT2D eigenvalue weighted by molar-refractivity contribution is 0.607. The zero-order valence-corrected chi connectivity index (χ0v) is 23.8. The van der Waals surface area contributed by atoms with Crippen molar-refractivity contribution >= 4 is 33.1 Å². The van der Waals surface area contributed by atoms with Crippen LogP contribution in [0.1, 0.15) is 36.0 Å². The van der Waals surface area contributed by atoms with E-state index in [1.165, 1.54) is 27.7 Å². The molecule has 0 saturated heterocycles. The van der Waals surface area contributed by atoms with E-state index in [0.29, 0.717) is 12.0 Å². The Bertz CT molecular complexity index is 2120. The number of aromatic nitrogens is 1. The number of nitriles is 2. The maximum absolute atomic E-state index is 10.4. The molecular formula is C39H28N4. The molecule has 4 heteroatoms. The monoisotopic (exact) mass is 552 g/mol. The molecule has 1 aromatic heterocycles. The summed E-state index contributed by atoms with van der Waals surface area (Å²) >= 11 is 0. The van der Waals surface area contributed by atoms with Gasteiger partial charge in [0.2, 0.25) is 0 Å². The first-order chi connectivity index (χ1) is 21.2. The lowest BCUT2D eigenvalue weighted by atomic mass is 9.83. The molecule has 204 valence electrons. The van der Waals surface area contributed by atoms with Gasteiger partial charge in [-0.05, 0) is 60.0 Å². The van der Waals surface area contributed by atoms with Gasteiger partial charge in [-0.2, -0.15) is 10.5 Å². The molecule has 3 atom stereocenters. The van der Waals surface area contributed by atoms with Crippen molar-refractivity contribution in [2.24, 2.45) is 5.92 Å². The van der Waals surface area contributed by atoms with Crippen molar-refractivity contribution in [2.75, 3.05) is 4.90 Å². The molecule has 3 unspecified atom stereocenters. The van der Waals surface area contributed by atoms with E-state index in [9.17, 15) is 10.5 Å². The summed E-state index contributed by atoms with van der Waals surface area (Å²) in [6.45, 7) is 2.21. The van der Waals surface area contributed by atoms with Crippen molar-refractivity contribution < 1.29 is 0 Å². The van der Waals surface area contributed by atoms with Gasteiger partial charge in [0.25, 0.3) is 0 Å². The van der Waals surface area contributed by atoms with Crippen LogP contribution in [0.3, 0.4) is 0 Å². The lowest BCUT2D eigenvalue weighted by Gasteiger charge is -2.36. The number of allylic oxidation sites excluding steroid dienone is 6. The van der Waals surface area contributed by atoms with Crippen molar-refractivity contribution in [3.63, 3.8) is 0 Å². The Labute approximate surface area is 251 Å². The fraction of sp³-hybridized carbons (Fsp3) is 0.128. The minimum atomic E-state index is 0.149. The van der Waals surface area contributed by atoms with Gasteiger partial charge in [-0.3, -0.25) is 0 Å². The smallest absolute Gasteiger partial charge is 0.0998 e. The molecule has 8 rings (SSSR count). The summed E-state index contributed by atoms with van der Waals surface area (Å²) in [4.78, 5) is 2.46. The SMILES string of the molecule is CC1CC(C#N)=C(c2cc(-n3c4ccccc4c4ccccc43)ccc2C#N)C=C1N1c2ccccc2C2C=CC=CC21.